The van der Waals surface area contributed by atoms with E-state index in [9.17, 15) is 22.8 Å². The number of aliphatic carboxylic acids is 1. The second-order valence-corrected chi connectivity index (χ2v) is 7.49. The minimum atomic E-state index is -4.76. The van der Waals surface area contributed by atoms with Crippen molar-refractivity contribution in [1.29, 1.82) is 0 Å². The Labute approximate surface area is 193 Å². The first-order chi connectivity index (χ1) is 16.1. The second-order valence-electron chi connectivity index (χ2n) is 7.49. The van der Waals surface area contributed by atoms with E-state index >= 15 is 0 Å². The number of nitrogens with one attached hydrogen (secondary N) is 1. The Balaban J connectivity index is 1.59. The molecule has 0 unspecified atom stereocenters. The molecule has 2 N–H and O–H groups in total. The van der Waals surface area contributed by atoms with Gasteiger partial charge in [0.25, 0.3) is 5.91 Å². The fraction of sp³-hybridized carbons (Fsp3) is 0.200. The van der Waals surface area contributed by atoms with E-state index in [0.29, 0.717) is 29.0 Å². The van der Waals surface area contributed by atoms with Crippen LogP contribution >= 0.6 is 0 Å². The summed E-state index contributed by atoms with van der Waals surface area (Å²) in [5.41, 5.74) is 2.78. The van der Waals surface area contributed by atoms with Crippen molar-refractivity contribution in [3.8, 4) is 17.2 Å². The molecule has 0 fully saturated rings. The zero-order valence-corrected chi connectivity index (χ0v) is 18.2. The zero-order valence-electron chi connectivity index (χ0n) is 18.2. The molecule has 6 nitrogen and oxygen atoms in total. The fourth-order valence-corrected chi connectivity index (χ4v) is 3.18. The van der Waals surface area contributed by atoms with E-state index in [2.05, 4.69) is 10.1 Å². The molecule has 0 aliphatic heterocycles. The van der Waals surface area contributed by atoms with Crippen molar-refractivity contribution in [2.24, 2.45) is 0 Å². The Morgan fingerprint density at radius 2 is 1.62 bits per heavy atom. The van der Waals surface area contributed by atoms with Crippen LogP contribution in [0.5, 0.6) is 17.2 Å². The van der Waals surface area contributed by atoms with Crippen LogP contribution in [0.3, 0.4) is 0 Å². The number of carboxylic acid groups (broad SMARTS) is 1. The van der Waals surface area contributed by atoms with E-state index in [0.717, 1.165) is 11.1 Å². The normalized spacial score (nSPS) is 11.1. The third kappa shape index (κ3) is 7.54. The smallest absolute Gasteiger partial charge is 0.481 e. The average molecular weight is 473 g/mol. The van der Waals surface area contributed by atoms with Gasteiger partial charge in [-0.25, -0.2) is 0 Å². The summed E-state index contributed by atoms with van der Waals surface area (Å²) in [6.07, 6.45) is -4.29. The van der Waals surface area contributed by atoms with Crippen LogP contribution < -0.4 is 14.8 Å². The van der Waals surface area contributed by atoms with Crippen molar-refractivity contribution in [3.05, 3.63) is 89.0 Å². The number of aryl methyl sites for hydroxylation is 2. The van der Waals surface area contributed by atoms with E-state index in [1.54, 1.807) is 36.4 Å². The quantitative estimate of drug-likeness (QED) is 0.421. The number of carbonyl (C=O) groups excluding carboxylic acids is 1. The maximum Gasteiger partial charge on any atom is 0.573 e. The molecule has 0 atom stereocenters. The van der Waals surface area contributed by atoms with Gasteiger partial charge in [0.15, 0.2) is 0 Å². The largest absolute Gasteiger partial charge is 0.573 e. The summed E-state index contributed by atoms with van der Waals surface area (Å²) in [5.74, 6) is -0.574. The first-order valence-electron chi connectivity index (χ1n) is 10.3. The van der Waals surface area contributed by atoms with Crippen molar-refractivity contribution < 1.29 is 37.3 Å². The third-order valence-electron chi connectivity index (χ3n) is 4.86. The first kappa shape index (κ1) is 24.6. The van der Waals surface area contributed by atoms with Gasteiger partial charge in [-0.3, -0.25) is 9.59 Å². The molecule has 9 heteroatoms. The van der Waals surface area contributed by atoms with E-state index in [1.165, 1.54) is 24.3 Å². The van der Waals surface area contributed by atoms with Gasteiger partial charge in [-0.2, -0.15) is 0 Å². The lowest BCUT2D eigenvalue weighted by molar-refractivity contribution is -0.274. The fourth-order valence-electron chi connectivity index (χ4n) is 3.18. The molecule has 3 aromatic rings. The van der Waals surface area contributed by atoms with Crippen LogP contribution in [0.15, 0.2) is 66.7 Å². The molecule has 0 spiro atoms. The lowest BCUT2D eigenvalue weighted by Crippen LogP contribution is -2.22. The second kappa shape index (κ2) is 10.7. The Morgan fingerprint density at radius 1 is 0.941 bits per heavy atom. The van der Waals surface area contributed by atoms with Crippen LogP contribution in [0.4, 0.5) is 13.2 Å². The summed E-state index contributed by atoms with van der Waals surface area (Å²) >= 11 is 0. The van der Waals surface area contributed by atoms with Crippen molar-refractivity contribution in [2.45, 2.75) is 32.7 Å². The van der Waals surface area contributed by atoms with Gasteiger partial charge in [0.2, 0.25) is 0 Å². The predicted octanol–water partition coefficient (Wildman–Crippen LogP) is 5.63. The number of alkyl halides is 3. The van der Waals surface area contributed by atoms with Crippen molar-refractivity contribution in [2.75, 3.05) is 0 Å². The molecule has 178 valence electrons. The van der Waals surface area contributed by atoms with Crippen molar-refractivity contribution in [1.82, 2.24) is 5.32 Å². The highest BCUT2D eigenvalue weighted by Gasteiger charge is 2.30. The molecule has 0 bridgehead atoms. The van der Waals surface area contributed by atoms with E-state index < -0.39 is 12.3 Å². The summed E-state index contributed by atoms with van der Waals surface area (Å²) in [4.78, 5) is 23.3. The van der Waals surface area contributed by atoms with Gasteiger partial charge in [-0.05, 0) is 72.5 Å². The SMILES string of the molecule is Cc1cc(Oc2cccc(C(=O)NCc3ccc(OC(F)(F)F)cc3)c2)ccc1CCC(=O)O. The van der Waals surface area contributed by atoms with Crippen LogP contribution in [0, 0.1) is 6.92 Å². The number of carboxylic acids is 1. The van der Waals surface area contributed by atoms with Crippen LogP contribution in [-0.2, 0) is 17.8 Å². The number of carbonyl (C=O) groups is 2. The van der Waals surface area contributed by atoms with Gasteiger partial charge in [0.05, 0.1) is 0 Å². The molecule has 1 amide bonds. The lowest BCUT2D eigenvalue weighted by atomic mass is 10.0. The highest BCUT2D eigenvalue weighted by atomic mass is 19.4. The zero-order chi connectivity index (χ0) is 24.7. The monoisotopic (exact) mass is 473 g/mol. The molecule has 3 rings (SSSR count). The Bertz CT molecular complexity index is 1160. The summed E-state index contributed by atoms with van der Waals surface area (Å²) < 4.78 is 46.4. The third-order valence-corrected chi connectivity index (χ3v) is 4.86. The molecule has 0 heterocycles. The van der Waals surface area contributed by atoms with E-state index in [-0.39, 0.29) is 24.6 Å². The topological polar surface area (TPSA) is 84.9 Å². The van der Waals surface area contributed by atoms with Gasteiger partial charge in [-0.15, -0.1) is 13.2 Å². The van der Waals surface area contributed by atoms with Gasteiger partial charge < -0.3 is 19.9 Å². The van der Waals surface area contributed by atoms with Crippen molar-refractivity contribution >= 4 is 11.9 Å². The number of benzene rings is 3. The molecule has 0 saturated carbocycles. The summed E-state index contributed by atoms with van der Waals surface area (Å²) in [6, 6.07) is 17.1. The van der Waals surface area contributed by atoms with Gasteiger partial charge >= 0.3 is 12.3 Å². The van der Waals surface area contributed by atoms with Gasteiger partial charge in [-0.1, -0.05) is 24.3 Å². The molecule has 0 radical (unpaired) electrons. The predicted molar refractivity (Wildman–Crippen MR) is 118 cm³/mol. The number of halogens is 3. The Hall–Kier alpha value is -4.01. The molecule has 0 aliphatic rings. The summed E-state index contributed by atoms with van der Waals surface area (Å²) in [6.45, 7) is 1.99. The molecule has 0 aromatic heterocycles. The Kier molecular flexibility index (Phi) is 7.78. The minimum Gasteiger partial charge on any atom is -0.481 e. The molecule has 0 aliphatic carbocycles. The number of rotatable bonds is 9. The number of hydrogen-bond donors (Lipinski definition) is 2. The van der Waals surface area contributed by atoms with Crippen LogP contribution in [-0.4, -0.2) is 23.3 Å². The minimum absolute atomic E-state index is 0.0453. The van der Waals surface area contributed by atoms with E-state index in [1.807, 2.05) is 13.0 Å². The first-order valence-corrected chi connectivity index (χ1v) is 10.3. The standard InChI is InChI=1S/C25H22F3NO5/c1-16-13-22(11-7-18(16)8-12-23(30)31)33-21-4-2-3-19(14-21)24(32)29-15-17-5-9-20(10-6-17)34-25(26,27)28/h2-7,9-11,13-14H,8,12,15H2,1H3,(H,29,32)(H,30,31). The maximum absolute atomic E-state index is 12.5. The average Bonchev–Trinajstić information content (AvgIpc) is 2.77. The summed E-state index contributed by atoms with van der Waals surface area (Å²) in [5, 5.41) is 11.5. The van der Waals surface area contributed by atoms with E-state index in [4.69, 9.17) is 9.84 Å². The highest BCUT2D eigenvalue weighted by Crippen LogP contribution is 2.26. The van der Waals surface area contributed by atoms with Crippen LogP contribution in [0.2, 0.25) is 0 Å². The highest BCUT2D eigenvalue weighted by molar-refractivity contribution is 5.94. The van der Waals surface area contributed by atoms with Crippen LogP contribution in [0.1, 0.15) is 33.5 Å². The molecule has 3 aromatic carbocycles. The van der Waals surface area contributed by atoms with Crippen LogP contribution in [0.25, 0.3) is 0 Å². The molecular formula is C25H22F3NO5. The Morgan fingerprint density at radius 3 is 2.26 bits per heavy atom. The molecular weight excluding hydrogens is 451 g/mol. The maximum atomic E-state index is 12.5. The number of ether oxygens (including phenoxy) is 2. The van der Waals surface area contributed by atoms with Crippen molar-refractivity contribution in [3.63, 3.8) is 0 Å². The molecule has 34 heavy (non-hydrogen) atoms. The van der Waals surface area contributed by atoms with Gasteiger partial charge in [0, 0.05) is 18.5 Å². The lowest BCUT2D eigenvalue weighted by Gasteiger charge is -2.11. The molecule has 0 saturated heterocycles. The number of hydrogen-bond acceptors (Lipinski definition) is 4. The summed E-state index contributed by atoms with van der Waals surface area (Å²) in [7, 11) is 0. The number of amides is 1. The van der Waals surface area contributed by atoms with Gasteiger partial charge in [0.1, 0.15) is 17.2 Å².